The SMILES string of the molecule is CCCC(C)(N)C(=O)NCCc1c(F)cccc1F.Cl. The van der Waals surface area contributed by atoms with Crippen LogP contribution in [0.5, 0.6) is 0 Å². The lowest BCUT2D eigenvalue weighted by atomic mass is 9.96. The lowest BCUT2D eigenvalue weighted by Gasteiger charge is -2.22. The van der Waals surface area contributed by atoms with Gasteiger partial charge in [0.05, 0.1) is 5.54 Å². The molecule has 0 bridgehead atoms. The third-order valence-corrected chi connectivity index (χ3v) is 3.01. The van der Waals surface area contributed by atoms with Crippen LogP contribution < -0.4 is 11.1 Å². The molecule has 6 heteroatoms. The Hall–Kier alpha value is -1.20. The average molecular weight is 307 g/mol. The monoisotopic (exact) mass is 306 g/mol. The highest BCUT2D eigenvalue weighted by atomic mass is 35.5. The topological polar surface area (TPSA) is 55.1 Å². The lowest BCUT2D eigenvalue weighted by molar-refractivity contribution is -0.126. The van der Waals surface area contributed by atoms with Gasteiger partial charge in [0.25, 0.3) is 0 Å². The van der Waals surface area contributed by atoms with Crippen molar-refractivity contribution >= 4 is 18.3 Å². The standard InChI is InChI=1S/C14H20F2N2O.ClH/c1-3-8-14(2,17)13(19)18-9-7-10-11(15)5-4-6-12(10)16;/h4-6H,3,7-9,17H2,1-2H3,(H,18,19);1H. The van der Waals surface area contributed by atoms with E-state index < -0.39 is 17.2 Å². The van der Waals surface area contributed by atoms with Gasteiger partial charge in [0, 0.05) is 12.1 Å². The second-order valence-corrected chi connectivity index (χ2v) is 4.87. The zero-order chi connectivity index (χ0) is 14.5. The van der Waals surface area contributed by atoms with E-state index in [2.05, 4.69) is 5.32 Å². The van der Waals surface area contributed by atoms with Gasteiger partial charge in [0.15, 0.2) is 0 Å². The third kappa shape index (κ3) is 5.06. The summed E-state index contributed by atoms with van der Waals surface area (Å²) in [6.07, 6.45) is 1.46. The van der Waals surface area contributed by atoms with Gasteiger partial charge in [-0.05, 0) is 31.9 Å². The maximum absolute atomic E-state index is 13.4. The Balaban J connectivity index is 0.00000361. The van der Waals surface area contributed by atoms with Gasteiger partial charge in [0.2, 0.25) is 5.91 Å². The molecule has 0 aliphatic heterocycles. The summed E-state index contributed by atoms with van der Waals surface area (Å²) in [5, 5.41) is 2.61. The highest BCUT2D eigenvalue weighted by molar-refractivity contribution is 5.85. The summed E-state index contributed by atoms with van der Waals surface area (Å²) in [6, 6.07) is 3.71. The minimum Gasteiger partial charge on any atom is -0.354 e. The number of nitrogens with one attached hydrogen (secondary N) is 1. The van der Waals surface area contributed by atoms with Crippen molar-refractivity contribution in [3.8, 4) is 0 Å². The van der Waals surface area contributed by atoms with Gasteiger partial charge in [-0.3, -0.25) is 4.79 Å². The van der Waals surface area contributed by atoms with E-state index in [1.165, 1.54) is 18.2 Å². The van der Waals surface area contributed by atoms with Gasteiger partial charge in [-0.25, -0.2) is 8.78 Å². The second kappa shape index (κ2) is 8.17. The van der Waals surface area contributed by atoms with Crippen LogP contribution in [-0.2, 0) is 11.2 Å². The number of benzene rings is 1. The molecule has 3 nitrogen and oxygen atoms in total. The number of carbonyl (C=O) groups is 1. The molecule has 0 radical (unpaired) electrons. The Kier molecular flexibility index (Phi) is 7.68. The molecule has 114 valence electrons. The van der Waals surface area contributed by atoms with E-state index in [1.807, 2.05) is 6.92 Å². The van der Waals surface area contributed by atoms with E-state index in [9.17, 15) is 13.6 Å². The maximum Gasteiger partial charge on any atom is 0.239 e. The number of nitrogens with two attached hydrogens (primary N) is 1. The summed E-state index contributed by atoms with van der Waals surface area (Å²) in [7, 11) is 0. The smallest absolute Gasteiger partial charge is 0.239 e. The van der Waals surface area contributed by atoms with Gasteiger partial charge >= 0.3 is 0 Å². The molecule has 1 unspecified atom stereocenters. The fraction of sp³-hybridized carbons (Fsp3) is 0.500. The van der Waals surface area contributed by atoms with Crippen molar-refractivity contribution in [2.45, 2.75) is 38.6 Å². The molecule has 0 aromatic heterocycles. The first-order valence-electron chi connectivity index (χ1n) is 6.38. The Morgan fingerprint density at radius 1 is 1.35 bits per heavy atom. The molecule has 0 aliphatic rings. The third-order valence-electron chi connectivity index (χ3n) is 3.01. The normalized spacial score (nSPS) is 13.2. The number of hydrogen-bond donors (Lipinski definition) is 2. The van der Waals surface area contributed by atoms with Crippen LogP contribution >= 0.6 is 12.4 Å². The average Bonchev–Trinajstić information content (AvgIpc) is 2.32. The van der Waals surface area contributed by atoms with Crippen LogP contribution in [0.4, 0.5) is 8.78 Å². The number of carbonyl (C=O) groups excluding carboxylic acids is 1. The van der Waals surface area contributed by atoms with E-state index >= 15 is 0 Å². The molecule has 0 heterocycles. The van der Waals surface area contributed by atoms with Crippen LogP contribution in [0.25, 0.3) is 0 Å². The summed E-state index contributed by atoms with van der Waals surface area (Å²) in [4.78, 5) is 11.8. The van der Waals surface area contributed by atoms with Crippen molar-refractivity contribution in [1.29, 1.82) is 0 Å². The van der Waals surface area contributed by atoms with Crippen molar-refractivity contribution in [3.63, 3.8) is 0 Å². The van der Waals surface area contributed by atoms with E-state index in [-0.39, 0.29) is 36.8 Å². The first-order chi connectivity index (χ1) is 8.88. The lowest BCUT2D eigenvalue weighted by Crippen LogP contribution is -2.51. The molecule has 1 aromatic rings. The predicted octanol–water partition coefficient (Wildman–Crippen LogP) is 2.56. The summed E-state index contributed by atoms with van der Waals surface area (Å²) in [5.74, 6) is -1.50. The molecule has 1 aromatic carbocycles. The Labute approximate surface area is 124 Å². The fourth-order valence-corrected chi connectivity index (χ4v) is 1.91. The van der Waals surface area contributed by atoms with Gasteiger partial charge in [0.1, 0.15) is 11.6 Å². The fourth-order valence-electron chi connectivity index (χ4n) is 1.91. The van der Waals surface area contributed by atoms with Crippen LogP contribution in [0, 0.1) is 11.6 Å². The number of halogens is 3. The van der Waals surface area contributed by atoms with Gasteiger partial charge < -0.3 is 11.1 Å². The summed E-state index contributed by atoms with van der Waals surface area (Å²) in [6.45, 7) is 3.75. The van der Waals surface area contributed by atoms with Gasteiger partial charge in [-0.15, -0.1) is 12.4 Å². The van der Waals surface area contributed by atoms with E-state index in [0.717, 1.165) is 6.42 Å². The number of rotatable bonds is 6. The summed E-state index contributed by atoms with van der Waals surface area (Å²) < 4.78 is 26.7. The highest BCUT2D eigenvalue weighted by Gasteiger charge is 2.26. The number of hydrogen-bond acceptors (Lipinski definition) is 2. The Morgan fingerprint density at radius 3 is 2.40 bits per heavy atom. The first-order valence-corrected chi connectivity index (χ1v) is 6.38. The summed E-state index contributed by atoms with van der Waals surface area (Å²) >= 11 is 0. The van der Waals surface area contributed by atoms with Crippen LogP contribution in [0.2, 0.25) is 0 Å². The minimum absolute atomic E-state index is 0. The first kappa shape index (κ1) is 18.8. The molecule has 0 fully saturated rings. The molecule has 0 saturated heterocycles. The van der Waals surface area contributed by atoms with Crippen LogP contribution in [0.3, 0.4) is 0 Å². The molecule has 1 rings (SSSR count). The van der Waals surface area contributed by atoms with E-state index in [4.69, 9.17) is 5.73 Å². The molecular weight excluding hydrogens is 286 g/mol. The van der Waals surface area contributed by atoms with Crippen molar-refractivity contribution < 1.29 is 13.6 Å². The molecule has 0 saturated carbocycles. The van der Waals surface area contributed by atoms with Crippen LogP contribution in [-0.4, -0.2) is 18.0 Å². The quantitative estimate of drug-likeness (QED) is 0.848. The van der Waals surface area contributed by atoms with Gasteiger partial charge in [-0.2, -0.15) is 0 Å². The molecule has 0 aliphatic carbocycles. The Bertz CT molecular complexity index is 433. The predicted molar refractivity (Wildman–Crippen MR) is 77.8 cm³/mol. The van der Waals surface area contributed by atoms with Crippen molar-refractivity contribution in [1.82, 2.24) is 5.32 Å². The molecule has 3 N–H and O–H groups in total. The largest absolute Gasteiger partial charge is 0.354 e. The minimum atomic E-state index is -0.942. The van der Waals surface area contributed by atoms with Crippen LogP contribution in [0.1, 0.15) is 32.3 Å². The summed E-state index contributed by atoms with van der Waals surface area (Å²) in [5.41, 5.74) is 4.89. The second-order valence-electron chi connectivity index (χ2n) is 4.87. The highest BCUT2D eigenvalue weighted by Crippen LogP contribution is 2.12. The molecule has 20 heavy (non-hydrogen) atoms. The Morgan fingerprint density at radius 2 is 1.90 bits per heavy atom. The molecule has 1 amide bonds. The van der Waals surface area contributed by atoms with E-state index in [0.29, 0.717) is 6.42 Å². The molecular formula is C14H21ClF2N2O. The van der Waals surface area contributed by atoms with E-state index in [1.54, 1.807) is 6.92 Å². The van der Waals surface area contributed by atoms with Crippen molar-refractivity contribution in [2.24, 2.45) is 5.73 Å². The molecule has 0 spiro atoms. The molecule has 1 atom stereocenters. The zero-order valence-electron chi connectivity index (χ0n) is 11.7. The van der Waals surface area contributed by atoms with Gasteiger partial charge in [-0.1, -0.05) is 19.4 Å². The zero-order valence-corrected chi connectivity index (χ0v) is 12.5. The van der Waals surface area contributed by atoms with Crippen molar-refractivity contribution in [3.05, 3.63) is 35.4 Å². The van der Waals surface area contributed by atoms with Crippen molar-refractivity contribution in [2.75, 3.05) is 6.54 Å². The van der Waals surface area contributed by atoms with Crippen LogP contribution in [0.15, 0.2) is 18.2 Å². The maximum atomic E-state index is 13.4. The number of amides is 1.